The molecule has 0 aliphatic carbocycles. The van der Waals surface area contributed by atoms with Gasteiger partial charge in [0.2, 0.25) is 5.91 Å². The molecule has 0 aromatic rings. The first-order valence-electron chi connectivity index (χ1n) is 8.72. The SMILES string of the molecule is CC(C)C1CCN(C(=O)COCCCOC2CN(C)C2)CC1. The molecule has 5 nitrogen and oxygen atoms in total. The molecule has 0 atom stereocenters. The van der Waals surface area contributed by atoms with E-state index in [-0.39, 0.29) is 12.5 Å². The number of nitrogens with zero attached hydrogens (tertiary/aromatic N) is 2. The average molecular weight is 312 g/mol. The van der Waals surface area contributed by atoms with Crippen LogP contribution in [0.1, 0.15) is 33.1 Å². The van der Waals surface area contributed by atoms with Gasteiger partial charge in [-0.05, 0) is 38.1 Å². The van der Waals surface area contributed by atoms with Crippen molar-refractivity contribution in [2.75, 3.05) is 53.0 Å². The molecule has 128 valence electrons. The maximum absolute atomic E-state index is 12.1. The van der Waals surface area contributed by atoms with Crippen molar-refractivity contribution in [1.82, 2.24) is 9.80 Å². The topological polar surface area (TPSA) is 42.0 Å². The van der Waals surface area contributed by atoms with Crippen molar-refractivity contribution in [3.63, 3.8) is 0 Å². The monoisotopic (exact) mass is 312 g/mol. The number of likely N-dealkylation sites (N-methyl/N-ethyl adjacent to an activating group) is 1. The van der Waals surface area contributed by atoms with Gasteiger partial charge in [0.1, 0.15) is 6.61 Å². The van der Waals surface area contributed by atoms with Gasteiger partial charge in [0.25, 0.3) is 0 Å². The molecular formula is C17H32N2O3. The van der Waals surface area contributed by atoms with Gasteiger partial charge in [0.05, 0.1) is 6.10 Å². The van der Waals surface area contributed by atoms with Crippen LogP contribution >= 0.6 is 0 Å². The van der Waals surface area contributed by atoms with Crippen LogP contribution in [0, 0.1) is 11.8 Å². The van der Waals surface area contributed by atoms with Crippen molar-refractivity contribution < 1.29 is 14.3 Å². The van der Waals surface area contributed by atoms with E-state index in [4.69, 9.17) is 9.47 Å². The number of rotatable bonds is 8. The van der Waals surface area contributed by atoms with Crippen LogP contribution in [0.25, 0.3) is 0 Å². The van der Waals surface area contributed by atoms with Gasteiger partial charge in [-0.2, -0.15) is 0 Å². The highest BCUT2D eigenvalue weighted by Gasteiger charge is 2.25. The van der Waals surface area contributed by atoms with Crippen LogP contribution in [0.2, 0.25) is 0 Å². The molecule has 2 heterocycles. The summed E-state index contributed by atoms with van der Waals surface area (Å²) in [6.07, 6.45) is 3.53. The minimum atomic E-state index is 0.142. The molecule has 0 aromatic heterocycles. The summed E-state index contributed by atoms with van der Waals surface area (Å²) in [7, 11) is 2.10. The van der Waals surface area contributed by atoms with Crippen LogP contribution in [0.3, 0.4) is 0 Å². The molecule has 2 fully saturated rings. The van der Waals surface area contributed by atoms with Gasteiger partial charge in [-0.1, -0.05) is 13.8 Å². The minimum absolute atomic E-state index is 0.142. The van der Waals surface area contributed by atoms with Crippen molar-refractivity contribution in [1.29, 1.82) is 0 Å². The molecule has 1 amide bonds. The quantitative estimate of drug-likeness (QED) is 0.639. The van der Waals surface area contributed by atoms with Crippen LogP contribution in [0.15, 0.2) is 0 Å². The third-order valence-corrected chi connectivity index (χ3v) is 4.88. The largest absolute Gasteiger partial charge is 0.375 e. The predicted molar refractivity (Wildman–Crippen MR) is 86.8 cm³/mol. The third kappa shape index (κ3) is 5.52. The van der Waals surface area contributed by atoms with Gasteiger partial charge >= 0.3 is 0 Å². The molecule has 2 saturated heterocycles. The maximum atomic E-state index is 12.1. The van der Waals surface area contributed by atoms with Crippen molar-refractivity contribution in [2.24, 2.45) is 11.8 Å². The number of likely N-dealkylation sites (tertiary alicyclic amines) is 2. The Kier molecular flexibility index (Phi) is 7.12. The lowest BCUT2D eigenvalue weighted by molar-refractivity contribution is -0.138. The number of amides is 1. The molecule has 2 rings (SSSR count). The Morgan fingerprint density at radius 3 is 2.45 bits per heavy atom. The normalized spacial score (nSPS) is 21.4. The number of carbonyl (C=O) groups is 1. The first-order valence-corrected chi connectivity index (χ1v) is 8.72. The Labute approximate surface area is 134 Å². The molecule has 0 saturated carbocycles. The smallest absolute Gasteiger partial charge is 0.248 e. The molecule has 0 radical (unpaired) electrons. The highest BCUT2D eigenvalue weighted by atomic mass is 16.5. The third-order valence-electron chi connectivity index (χ3n) is 4.88. The van der Waals surface area contributed by atoms with Gasteiger partial charge < -0.3 is 19.3 Å². The van der Waals surface area contributed by atoms with E-state index >= 15 is 0 Å². The average Bonchev–Trinajstić information content (AvgIpc) is 2.48. The maximum Gasteiger partial charge on any atom is 0.248 e. The van der Waals surface area contributed by atoms with Crippen LogP contribution in [0.5, 0.6) is 0 Å². The summed E-state index contributed by atoms with van der Waals surface area (Å²) in [4.78, 5) is 16.3. The van der Waals surface area contributed by atoms with Gasteiger partial charge in [0, 0.05) is 39.4 Å². The fraction of sp³-hybridized carbons (Fsp3) is 0.941. The number of hydrogen-bond acceptors (Lipinski definition) is 4. The van der Waals surface area contributed by atoms with Gasteiger partial charge in [0.15, 0.2) is 0 Å². The Morgan fingerprint density at radius 1 is 1.18 bits per heavy atom. The van der Waals surface area contributed by atoms with Crippen molar-refractivity contribution in [3.05, 3.63) is 0 Å². The molecule has 2 aliphatic heterocycles. The molecule has 0 unspecified atom stereocenters. The lowest BCUT2D eigenvalue weighted by atomic mass is 9.87. The van der Waals surface area contributed by atoms with Crippen LogP contribution in [0.4, 0.5) is 0 Å². The van der Waals surface area contributed by atoms with E-state index < -0.39 is 0 Å². The molecule has 2 aliphatic rings. The fourth-order valence-corrected chi connectivity index (χ4v) is 3.22. The highest BCUT2D eigenvalue weighted by molar-refractivity contribution is 5.77. The first kappa shape index (κ1) is 17.7. The molecule has 0 spiro atoms. The Bertz CT molecular complexity index is 335. The number of hydrogen-bond donors (Lipinski definition) is 0. The van der Waals surface area contributed by atoms with E-state index in [2.05, 4.69) is 25.8 Å². The van der Waals surface area contributed by atoms with E-state index in [9.17, 15) is 4.79 Å². The summed E-state index contributed by atoms with van der Waals surface area (Å²) in [5.41, 5.74) is 0. The second-order valence-corrected chi connectivity index (χ2v) is 7.08. The van der Waals surface area contributed by atoms with Crippen molar-refractivity contribution in [3.8, 4) is 0 Å². The zero-order valence-electron chi connectivity index (χ0n) is 14.4. The number of piperidine rings is 1. The summed E-state index contributed by atoms with van der Waals surface area (Å²) >= 11 is 0. The molecule has 0 N–H and O–H groups in total. The van der Waals surface area contributed by atoms with Crippen LogP contribution < -0.4 is 0 Å². The zero-order valence-corrected chi connectivity index (χ0v) is 14.4. The van der Waals surface area contributed by atoms with Gasteiger partial charge in [-0.15, -0.1) is 0 Å². The van der Waals surface area contributed by atoms with E-state index in [0.29, 0.717) is 12.7 Å². The lowest BCUT2D eigenvalue weighted by Gasteiger charge is -2.35. The number of carbonyl (C=O) groups excluding carboxylic acids is 1. The Balaban J connectivity index is 1.46. The first-order chi connectivity index (χ1) is 10.6. The highest BCUT2D eigenvalue weighted by Crippen LogP contribution is 2.24. The van der Waals surface area contributed by atoms with E-state index in [1.54, 1.807) is 0 Å². The summed E-state index contributed by atoms with van der Waals surface area (Å²) < 4.78 is 11.2. The Hall–Kier alpha value is -0.650. The summed E-state index contributed by atoms with van der Waals surface area (Å²) in [6, 6.07) is 0. The predicted octanol–water partition coefficient (Wildman–Crippen LogP) is 1.62. The number of ether oxygens (including phenoxy) is 2. The van der Waals surface area contributed by atoms with E-state index in [1.165, 1.54) is 0 Å². The standard InChI is InChI=1S/C17H32N2O3/c1-14(2)15-5-7-19(8-6-15)17(20)13-21-9-4-10-22-16-11-18(3)12-16/h14-16H,4-13H2,1-3H3. The second-order valence-electron chi connectivity index (χ2n) is 7.08. The molecule has 0 bridgehead atoms. The summed E-state index contributed by atoms with van der Waals surface area (Å²) in [6.45, 7) is 9.95. The zero-order chi connectivity index (χ0) is 15.9. The van der Waals surface area contributed by atoms with Crippen molar-refractivity contribution in [2.45, 2.75) is 39.2 Å². The summed E-state index contributed by atoms with van der Waals surface area (Å²) in [5.74, 6) is 1.64. The van der Waals surface area contributed by atoms with Gasteiger partial charge in [-0.25, -0.2) is 0 Å². The van der Waals surface area contributed by atoms with E-state index in [1.807, 2.05) is 4.90 Å². The van der Waals surface area contributed by atoms with Crippen molar-refractivity contribution >= 4 is 5.91 Å². The lowest BCUT2D eigenvalue weighted by Crippen LogP contribution is -2.49. The molecule has 22 heavy (non-hydrogen) atoms. The van der Waals surface area contributed by atoms with Gasteiger partial charge in [-0.3, -0.25) is 4.79 Å². The van der Waals surface area contributed by atoms with Crippen LogP contribution in [-0.2, 0) is 14.3 Å². The molecule has 5 heteroatoms. The minimum Gasteiger partial charge on any atom is -0.375 e. The molecule has 0 aromatic carbocycles. The second kappa shape index (κ2) is 8.85. The van der Waals surface area contributed by atoms with Crippen LogP contribution in [-0.4, -0.2) is 74.9 Å². The van der Waals surface area contributed by atoms with E-state index in [0.717, 1.165) is 63.9 Å². The molecular weight excluding hydrogens is 280 g/mol. The Morgan fingerprint density at radius 2 is 1.86 bits per heavy atom. The summed E-state index contributed by atoms with van der Waals surface area (Å²) in [5, 5.41) is 0. The fourth-order valence-electron chi connectivity index (χ4n) is 3.22.